The summed E-state index contributed by atoms with van der Waals surface area (Å²) in [4.78, 5) is 30.5. The number of nitrogens with zero attached hydrogens (tertiary/aromatic N) is 2. The Hall–Kier alpha value is -1.55. The Morgan fingerprint density at radius 1 is 1.00 bits per heavy atom. The first kappa shape index (κ1) is 18.8. The summed E-state index contributed by atoms with van der Waals surface area (Å²) in [6.45, 7) is 4.62. The lowest BCUT2D eigenvalue weighted by Crippen LogP contribution is -2.51. The lowest BCUT2D eigenvalue weighted by atomic mass is 9.92. The zero-order valence-electron chi connectivity index (χ0n) is 16.1. The van der Waals surface area contributed by atoms with E-state index in [1.807, 2.05) is 34.1 Å². The predicted octanol–water partition coefficient (Wildman–Crippen LogP) is 4.08. The third kappa shape index (κ3) is 4.01. The Labute approximate surface area is 166 Å². The summed E-state index contributed by atoms with van der Waals surface area (Å²) >= 11 is 6.03. The molecule has 1 unspecified atom stereocenters. The molecule has 3 aliphatic rings. The van der Waals surface area contributed by atoms with Crippen molar-refractivity contribution >= 4 is 23.4 Å². The molecular weight excluding hydrogens is 360 g/mol. The SMILES string of the molecule is CC1CCN(C(=O)[C@@H]2CCCN2C(=O)C(c2ccc(Cl)cc2)C2CC2)CC1. The molecule has 5 heteroatoms. The quantitative estimate of drug-likeness (QED) is 0.779. The topological polar surface area (TPSA) is 40.6 Å². The van der Waals surface area contributed by atoms with Gasteiger partial charge in [0.05, 0.1) is 5.92 Å². The molecule has 27 heavy (non-hydrogen) atoms. The van der Waals surface area contributed by atoms with Crippen molar-refractivity contribution in [1.29, 1.82) is 0 Å². The summed E-state index contributed by atoms with van der Waals surface area (Å²) in [6, 6.07) is 7.41. The average Bonchev–Trinajstić information content (AvgIpc) is 3.38. The Morgan fingerprint density at radius 3 is 2.30 bits per heavy atom. The normalized spacial score (nSPS) is 24.9. The monoisotopic (exact) mass is 388 g/mol. The molecule has 1 saturated carbocycles. The van der Waals surface area contributed by atoms with Gasteiger partial charge in [0, 0.05) is 24.7 Å². The minimum Gasteiger partial charge on any atom is -0.341 e. The van der Waals surface area contributed by atoms with Crippen molar-refractivity contribution in [2.45, 2.75) is 57.4 Å². The van der Waals surface area contributed by atoms with Gasteiger partial charge >= 0.3 is 0 Å². The Morgan fingerprint density at radius 2 is 1.67 bits per heavy atom. The van der Waals surface area contributed by atoms with E-state index in [4.69, 9.17) is 11.6 Å². The third-order valence-electron chi connectivity index (χ3n) is 6.50. The van der Waals surface area contributed by atoms with Gasteiger partial charge < -0.3 is 9.80 Å². The second-order valence-electron chi connectivity index (χ2n) is 8.56. The van der Waals surface area contributed by atoms with Gasteiger partial charge in [-0.05, 0) is 68.1 Å². The van der Waals surface area contributed by atoms with Crippen molar-refractivity contribution in [3.8, 4) is 0 Å². The standard InChI is InChI=1S/C22H29ClN2O2/c1-15-10-13-24(14-11-15)21(26)19-3-2-12-25(19)22(27)20(16-4-5-16)17-6-8-18(23)9-7-17/h6-9,15-16,19-20H,2-5,10-14H2,1H3/t19-,20?/m0/s1. The lowest BCUT2D eigenvalue weighted by Gasteiger charge is -2.35. The van der Waals surface area contributed by atoms with Crippen LogP contribution in [0.15, 0.2) is 24.3 Å². The molecule has 2 aliphatic heterocycles. The van der Waals surface area contributed by atoms with Crippen molar-refractivity contribution in [1.82, 2.24) is 9.80 Å². The highest BCUT2D eigenvalue weighted by molar-refractivity contribution is 6.30. The zero-order chi connectivity index (χ0) is 19.0. The van der Waals surface area contributed by atoms with Gasteiger partial charge in [0.2, 0.25) is 11.8 Å². The first-order chi connectivity index (χ1) is 13.0. The van der Waals surface area contributed by atoms with Gasteiger partial charge in [-0.2, -0.15) is 0 Å². The highest BCUT2D eigenvalue weighted by atomic mass is 35.5. The first-order valence-corrected chi connectivity index (χ1v) is 10.8. The van der Waals surface area contributed by atoms with Crippen LogP contribution in [0.1, 0.15) is 56.9 Å². The summed E-state index contributed by atoms with van der Waals surface area (Å²) in [5.41, 5.74) is 1.04. The molecule has 146 valence electrons. The second kappa shape index (κ2) is 7.83. The maximum absolute atomic E-state index is 13.5. The van der Waals surface area contributed by atoms with Crippen LogP contribution in [0.4, 0.5) is 0 Å². The molecule has 0 bridgehead atoms. The fourth-order valence-corrected chi connectivity index (χ4v) is 4.75. The summed E-state index contributed by atoms with van der Waals surface area (Å²) in [6.07, 6.45) is 6.05. The van der Waals surface area contributed by atoms with Crippen LogP contribution in [0.2, 0.25) is 5.02 Å². The van der Waals surface area contributed by atoms with Crippen LogP contribution >= 0.6 is 11.6 Å². The lowest BCUT2D eigenvalue weighted by molar-refractivity contribution is -0.145. The highest BCUT2D eigenvalue weighted by Crippen LogP contribution is 2.44. The van der Waals surface area contributed by atoms with Crippen molar-refractivity contribution in [2.75, 3.05) is 19.6 Å². The van der Waals surface area contributed by atoms with E-state index in [1.54, 1.807) is 0 Å². The summed E-state index contributed by atoms with van der Waals surface area (Å²) in [7, 11) is 0. The molecule has 0 spiro atoms. The van der Waals surface area contributed by atoms with Crippen LogP contribution in [-0.4, -0.2) is 47.3 Å². The molecular formula is C22H29ClN2O2. The molecule has 0 radical (unpaired) electrons. The Balaban J connectivity index is 1.50. The number of amides is 2. The third-order valence-corrected chi connectivity index (χ3v) is 6.76. The van der Waals surface area contributed by atoms with E-state index < -0.39 is 0 Å². The van der Waals surface area contributed by atoms with E-state index in [0.717, 1.165) is 57.2 Å². The maximum Gasteiger partial charge on any atom is 0.245 e. The van der Waals surface area contributed by atoms with Crippen LogP contribution in [0.5, 0.6) is 0 Å². The second-order valence-corrected chi connectivity index (χ2v) is 9.00. The van der Waals surface area contributed by atoms with E-state index in [0.29, 0.717) is 23.4 Å². The summed E-state index contributed by atoms with van der Waals surface area (Å²) in [5, 5.41) is 0.689. The van der Waals surface area contributed by atoms with Crippen LogP contribution in [-0.2, 0) is 9.59 Å². The molecule has 2 heterocycles. The smallest absolute Gasteiger partial charge is 0.245 e. The van der Waals surface area contributed by atoms with Gasteiger partial charge in [-0.1, -0.05) is 30.7 Å². The molecule has 3 fully saturated rings. The van der Waals surface area contributed by atoms with Gasteiger partial charge in [-0.15, -0.1) is 0 Å². The fraction of sp³-hybridized carbons (Fsp3) is 0.636. The maximum atomic E-state index is 13.5. The van der Waals surface area contributed by atoms with E-state index in [1.165, 1.54) is 0 Å². The van der Waals surface area contributed by atoms with E-state index in [9.17, 15) is 9.59 Å². The van der Waals surface area contributed by atoms with Crippen molar-refractivity contribution in [3.05, 3.63) is 34.9 Å². The number of likely N-dealkylation sites (tertiary alicyclic amines) is 2. The summed E-state index contributed by atoms with van der Waals surface area (Å²) < 4.78 is 0. The number of halogens is 1. The molecule has 4 rings (SSSR count). The average molecular weight is 389 g/mol. The summed E-state index contributed by atoms with van der Waals surface area (Å²) in [5.74, 6) is 1.28. The number of carbonyl (C=O) groups excluding carboxylic acids is 2. The van der Waals surface area contributed by atoms with Crippen LogP contribution in [0.25, 0.3) is 0 Å². The first-order valence-electron chi connectivity index (χ1n) is 10.4. The Kier molecular flexibility index (Phi) is 5.45. The molecule has 0 aromatic heterocycles. The van der Waals surface area contributed by atoms with Crippen LogP contribution in [0, 0.1) is 11.8 Å². The molecule has 1 aromatic rings. The highest BCUT2D eigenvalue weighted by Gasteiger charge is 2.44. The number of piperidine rings is 1. The number of hydrogen-bond acceptors (Lipinski definition) is 2. The fourth-order valence-electron chi connectivity index (χ4n) is 4.62. The molecule has 0 N–H and O–H groups in total. The number of carbonyl (C=O) groups is 2. The zero-order valence-corrected chi connectivity index (χ0v) is 16.8. The minimum absolute atomic E-state index is 0.128. The Bertz CT molecular complexity index is 693. The van der Waals surface area contributed by atoms with E-state index in [2.05, 4.69) is 6.92 Å². The minimum atomic E-state index is -0.264. The molecule has 1 aromatic carbocycles. The van der Waals surface area contributed by atoms with Crippen molar-refractivity contribution in [3.63, 3.8) is 0 Å². The molecule has 2 amide bonds. The molecule has 1 aliphatic carbocycles. The van der Waals surface area contributed by atoms with Gasteiger partial charge in [0.1, 0.15) is 6.04 Å². The van der Waals surface area contributed by atoms with Gasteiger partial charge in [-0.25, -0.2) is 0 Å². The van der Waals surface area contributed by atoms with E-state index >= 15 is 0 Å². The molecule has 2 atom stereocenters. The number of benzene rings is 1. The van der Waals surface area contributed by atoms with Crippen molar-refractivity contribution < 1.29 is 9.59 Å². The van der Waals surface area contributed by atoms with Gasteiger partial charge in [0.15, 0.2) is 0 Å². The predicted molar refractivity (Wildman–Crippen MR) is 107 cm³/mol. The van der Waals surface area contributed by atoms with Gasteiger partial charge in [-0.3, -0.25) is 9.59 Å². The van der Waals surface area contributed by atoms with Crippen LogP contribution < -0.4 is 0 Å². The molecule has 2 saturated heterocycles. The number of hydrogen-bond donors (Lipinski definition) is 0. The van der Waals surface area contributed by atoms with Gasteiger partial charge in [0.25, 0.3) is 0 Å². The van der Waals surface area contributed by atoms with E-state index in [-0.39, 0.29) is 23.8 Å². The largest absolute Gasteiger partial charge is 0.341 e. The van der Waals surface area contributed by atoms with Crippen LogP contribution in [0.3, 0.4) is 0 Å². The molecule has 4 nitrogen and oxygen atoms in total. The van der Waals surface area contributed by atoms with Crippen molar-refractivity contribution in [2.24, 2.45) is 11.8 Å². The number of rotatable bonds is 4.